The summed E-state index contributed by atoms with van der Waals surface area (Å²) in [5.74, 6) is 9.92. The average Bonchev–Trinajstić information content (AvgIpc) is 3.54. The maximum Gasteiger partial charge on any atom is 0.0134 e. The molecule has 0 nitrogen and oxygen atoms in total. The van der Waals surface area contributed by atoms with Crippen molar-refractivity contribution in [2.75, 3.05) is 0 Å². The molecule has 0 heterocycles. The van der Waals surface area contributed by atoms with Gasteiger partial charge in [-0.25, -0.2) is 0 Å². The van der Waals surface area contributed by atoms with E-state index in [0.717, 1.165) is 69.7 Å². The van der Waals surface area contributed by atoms with E-state index in [1.807, 2.05) is 0 Å². The zero-order valence-electron chi connectivity index (χ0n) is 17.1. The number of benzene rings is 2. The van der Waals surface area contributed by atoms with E-state index in [-0.39, 0.29) is 0 Å². The SMILES string of the molecule is C1=C[C@@H]2C3C4[C@@H]5[C@@H](C[C@@H](Sc6ccccc6)[C@H]52)[C@H]2C[C@H](Sc5ccccc5)[C@@H]([C@@H]42)[C@H]13. The Balaban J connectivity index is 1.15. The van der Waals surface area contributed by atoms with Gasteiger partial charge < -0.3 is 0 Å². The molecule has 0 radical (unpaired) electrons. The number of fused-ring (bicyclic) bond motifs is 3. The molecular weight excluding hydrogens is 400 g/mol. The maximum atomic E-state index is 2.72. The van der Waals surface area contributed by atoms with Gasteiger partial charge in [-0.15, -0.1) is 23.5 Å². The van der Waals surface area contributed by atoms with Gasteiger partial charge in [0, 0.05) is 20.3 Å². The van der Waals surface area contributed by atoms with Crippen LogP contribution in [0.25, 0.3) is 0 Å². The van der Waals surface area contributed by atoms with Gasteiger partial charge in [0.25, 0.3) is 0 Å². The van der Waals surface area contributed by atoms with Crippen molar-refractivity contribution < 1.29 is 0 Å². The summed E-state index contributed by atoms with van der Waals surface area (Å²) in [5.41, 5.74) is 0. The van der Waals surface area contributed by atoms with E-state index >= 15 is 0 Å². The highest BCUT2D eigenvalue weighted by Gasteiger charge is 2.76. The Hall–Kier alpha value is -1.12. The highest BCUT2D eigenvalue weighted by atomic mass is 32.2. The van der Waals surface area contributed by atoms with Crippen molar-refractivity contribution in [3.63, 3.8) is 0 Å². The molecule has 2 unspecified atom stereocenters. The fourth-order valence-electron chi connectivity index (χ4n) is 9.67. The first kappa shape index (κ1) is 17.4. The lowest BCUT2D eigenvalue weighted by molar-refractivity contribution is 0.305. The minimum Gasteiger partial charge on any atom is -0.122 e. The van der Waals surface area contributed by atoms with Gasteiger partial charge in [0.05, 0.1) is 0 Å². The van der Waals surface area contributed by atoms with Gasteiger partial charge in [0.15, 0.2) is 0 Å². The van der Waals surface area contributed by atoms with Gasteiger partial charge >= 0.3 is 0 Å². The Morgan fingerprint density at radius 1 is 0.500 bits per heavy atom. The van der Waals surface area contributed by atoms with Gasteiger partial charge in [-0.2, -0.15) is 0 Å². The molecule has 0 N–H and O–H groups in total. The van der Waals surface area contributed by atoms with Gasteiger partial charge in [-0.05, 0) is 96.3 Å². The Morgan fingerprint density at radius 2 is 0.967 bits per heavy atom. The second kappa shape index (κ2) is 6.23. The van der Waals surface area contributed by atoms with Crippen LogP contribution in [0.2, 0.25) is 0 Å². The minimum atomic E-state index is 0.849. The molecule has 0 amide bonds. The molecule has 6 aliphatic rings. The zero-order valence-corrected chi connectivity index (χ0v) is 18.7. The third-order valence-electron chi connectivity index (χ3n) is 10.0. The van der Waals surface area contributed by atoms with Crippen molar-refractivity contribution in [1.29, 1.82) is 0 Å². The van der Waals surface area contributed by atoms with Crippen LogP contribution in [0.1, 0.15) is 12.8 Å². The molecule has 5 fully saturated rings. The van der Waals surface area contributed by atoms with Crippen molar-refractivity contribution >= 4 is 23.5 Å². The van der Waals surface area contributed by atoms with Crippen LogP contribution in [-0.2, 0) is 0 Å². The normalized spacial score (nSPS) is 50.5. The molecule has 2 heteroatoms. The van der Waals surface area contributed by atoms with Crippen molar-refractivity contribution in [2.24, 2.45) is 59.2 Å². The fourth-order valence-corrected chi connectivity index (χ4v) is 12.7. The van der Waals surface area contributed by atoms with E-state index in [4.69, 9.17) is 0 Å². The predicted molar refractivity (Wildman–Crippen MR) is 125 cm³/mol. The predicted octanol–water partition coefficient (Wildman–Crippen LogP) is 6.89. The molecule has 12 atom stereocenters. The summed E-state index contributed by atoms with van der Waals surface area (Å²) >= 11 is 4.45. The summed E-state index contributed by atoms with van der Waals surface area (Å²) in [4.78, 5) is 2.99. The van der Waals surface area contributed by atoms with E-state index in [1.165, 1.54) is 22.6 Å². The number of hydrogen-bond acceptors (Lipinski definition) is 2. The second-order valence-electron chi connectivity index (χ2n) is 10.7. The Labute approximate surface area is 188 Å². The third-order valence-corrected chi connectivity index (χ3v) is 12.7. The van der Waals surface area contributed by atoms with E-state index in [9.17, 15) is 0 Å². The highest BCUT2D eigenvalue weighted by molar-refractivity contribution is 8.00. The van der Waals surface area contributed by atoms with Crippen LogP contribution in [0.15, 0.2) is 82.6 Å². The van der Waals surface area contributed by atoms with Crippen LogP contribution in [0, 0.1) is 59.2 Å². The summed E-state index contributed by atoms with van der Waals surface area (Å²) in [5, 5.41) is 1.70. The van der Waals surface area contributed by atoms with Gasteiger partial charge in [0.2, 0.25) is 0 Å². The lowest BCUT2D eigenvalue weighted by Gasteiger charge is -2.28. The molecule has 6 aliphatic carbocycles. The number of rotatable bonds is 4. The Bertz CT molecular complexity index is 920. The molecule has 152 valence electrons. The molecule has 0 aromatic heterocycles. The lowest BCUT2D eigenvalue weighted by atomic mass is 9.84. The zero-order chi connectivity index (χ0) is 19.4. The van der Waals surface area contributed by atoms with Crippen LogP contribution >= 0.6 is 23.5 Å². The molecule has 5 saturated carbocycles. The number of allylic oxidation sites excluding steroid dienone is 2. The van der Waals surface area contributed by atoms with Crippen molar-refractivity contribution in [3.8, 4) is 0 Å². The summed E-state index contributed by atoms with van der Waals surface area (Å²) in [6.45, 7) is 0. The monoisotopic (exact) mass is 428 g/mol. The Kier molecular flexibility index (Phi) is 3.62. The first-order valence-electron chi connectivity index (χ1n) is 12.0. The molecular formula is C28H28S2. The summed E-state index contributed by atoms with van der Waals surface area (Å²) in [7, 11) is 0. The number of thioether (sulfide) groups is 2. The first-order chi connectivity index (χ1) is 14.9. The Morgan fingerprint density at radius 3 is 1.43 bits per heavy atom. The smallest absolute Gasteiger partial charge is 0.0134 e. The maximum absolute atomic E-state index is 2.72. The highest BCUT2D eigenvalue weighted by Crippen LogP contribution is 2.80. The fraction of sp³-hybridized carbons (Fsp3) is 0.500. The van der Waals surface area contributed by atoms with E-state index in [0.29, 0.717) is 0 Å². The van der Waals surface area contributed by atoms with E-state index in [2.05, 4.69) is 96.3 Å². The largest absolute Gasteiger partial charge is 0.122 e. The second-order valence-corrected chi connectivity index (χ2v) is 13.4. The quantitative estimate of drug-likeness (QED) is 0.486. The van der Waals surface area contributed by atoms with E-state index in [1.54, 1.807) is 0 Å². The molecule has 8 rings (SSSR count). The topological polar surface area (TPSA) is 0 Å². The van der Waals surface area contributed by atoms with Crippen molar-refractivity contribution in [3.05, 3.63) is 72.8 Å². The number of hydrogen-bond donors (Lipinski definition) is 0. The molecule has 0 saturated heterocycles. The van der Waals surface area contributed by atoms with Crippen LogP contribution in [0.5, 0.6) is 0 Å². The summed E-state index contributed by atoms with van der Waals surface area (Å²) in [6, 6.07) is 22.5. The van der Waals surface area contributed by atoms with Gasteiger partial charge in [-0.3, -0.25) is 0 Å². The van der Waals surface area contributed by atoms with E-state index < -0.39 is 0 Å². The standard InChI is InChI=1S/C28H28S2/c1-3-7-15(8-4-1)29-21-13-19-20-14-22(30-16-9-5-2-6-10-16)25-18-12-11-17-23(18)28(27(20)25)26(19)24(17)21/h1-12,17-28H,13-14H2/t17-,18-,19-,20+,21+,22-,23?,24+,25-,26+,27-,28?/m1/s1. The van der Waals surface area contributed by atoms with Gasteiger partial charge in [-0.1, -0.05) is 48.6 Å². The minimum absolute atomic E-state index is 0.849. The third kappa shape index (κ3) is 2.13. The van der Waals surface area contributed by atoms with Gasteiger partial charge in [0.1, 0.15) is 0 Å². The molecule has 30 heavy (non-hydrogen) atoms. The first-order valence-corrected chi connectivity index (χ1v) is 13.8. The molecule has 0 bridgehead atoms. The van der Waals surface area contributed by atoms with Crippen LogP contribution in [-0.4, -0.2) is 10.5 Å². The van der Waals surface area contributed by atoms with Crippen LogP contribution in [0.3, 0.4) is 0 Å². The molecule has 0 spiro atoms. The lowest BCUT2D eigenvalue weighted by Crippen LogP contribution is -2.25. The summed E-state index contributed by atoms with van der Waals surface area (Å²) in [6.07, 6.45) is 8.41. The van der Waals surface area contributed by atoms with Crippen molar-refractivity contribution in [1.82, 2.24) is 0 Å². The van der Waals surface area contributed by atoms with Crippen molar-refractivity contribution in [2.45, 2.75) is 33.1 Å². The summed E-state index contributed by atoms with van der Waals surface area (Å²) < 4.78 is 0. The van der Waals surface area contributed by atoms with Crippen LogP contribution in [0.4, 0.5) is 0 Å². The van der Waals surface area contributed by atoms with Crippen LogP contribution < -0.4 is 0 Å². The molecule has 2 aromatic carbocycles. The average molecular weight is 429 g/mol. The molecule has 0 aliphatic heterocycles. The molecule has 2 aromatic rings.